The molecule has 32 heavy (non-hydrogen) atoms. The van der Waals surface area contributed by atoms with Crippen molar-refractivity contribution in [3.63, 3.8) is 0 Å². The molecule has 4 bridgehead atoms. The highest BCUT2D eigenvalue weighted by Gasteiger charge is 2.51. The number of anilines is 1. The van der Waals surface area contributed by atoms with Gasteiger partial charge in [0.2, 0.25) is 5.91 Å². The Hall–Kier alpha value is -2.21. The predicted molar refractivity (Wildman–Crippen MR) is 124 cm³/mol. The summed E-state index contributed by atoms with van der Waals surface area (Å²) in [6.45, 7) is 3.60. The summed E-state index contributed by atoms with van der Waals surface area (Å²) in [5, 5.41) is 5.40. The maximum Gasteiger partial charge on any atom is 0.342 e. The molecule has 4 fully saturated rings. The largest absolute Gasteiger partial charge is 0.459 e. The van der Waals surface area contributed by atoms with Crippen molar-refractivity contribution in [1.82, 2.24) is 0 Å². The van der Waals surface area contributed by atoms with Crippen molar-refractivity contribution < 1.29 is 18.7 Å². The number of carbonyl (C=O) groups is 2. The molecule has 1 heterocycles. The van der Waals surface area contributed by atoms with Crippen LogP contribution in [0.2, 0.25) is 0 Å². The van der Waals surface area contributed by atoms with Crippen molar-refractivity contribution in [1.29, 1.82) is 0 Å². The highest BCUT2D eigenvalue weighted by Crippen LogP contribution is 2.61. The van der Waals surface area contributed by atoms with Gasteiger partial charge in [-0.2, -0.15) is 0 Å². The highest BCUT2D eigenvalue weighted by atomic mass is 32.1. The Morgan fingerprint density at radius 1 is 1.09 bits per heavy atom. The highest BCUT2D eigenvalue weighted by molar-refractivity contribution is 7.15. The second-order valence-corrected chi connectivity index (χ2v) is 11.3. The fourth-order valence-electron chi connectivity index (χ4n) is 6.79. The van der Waals surface area contributed by atoms with E-state index in [4.69, 9.17) is 4.74 Å². The topological polar surface area (TPSA) is 55.4 Å². The van der Waals surface area contributed by atoms with Crippen LogP contribution in [0.15, 0.2) is 29.6 Å². The molecule has 2 aromatic rings. The molecule has 1 aromatic carbocycles. The quantitative estimate of drug-likeness (QED) is 0.495. The molecular weight excluding hydrogens is 425 g/mol. The van der Waals surface area contributed by atoms with Gasteiger partial charge in [0, 0.05) is 17.4 Å². The van der Waals surface area contributed by atoms with Crippen molar-refractivity contribution in [2.45, 2.75) is 64.9 Å². The Labute approximate surface area is 192 Å². The normalized spacial score (nSPS) is 28.2. The van der Waals surface area contributed by atoms with E-state index in [1.54, 1.807) is 26.0 Å². The molecule has 0 aliphatic heterocycles. The van der Waals surface area contributed by atoms with Gasteiger partial charge in [-0.15, -0.1) is 11.3 Å². The van der Waals surface area contributed by atoms with E-state index in [1.807, 2.05) is 5.38 Å². The third kappa shape index (κ3) is 4.21. The van der Waals surface area contributed by atoms with Gasteiger partial charge >= 0.3 is 5.97 Å². The van der Waals surface area contributed by atoms with Crippen LogP contribution >= 0.6 is 11.3 Å². The minimum Gasteiger partial charge on any atom is -0.459 e. The van der Waals surface area contributed by atoms with Crippen LogP contribution in [-0.4, -0.2) is 18.0 Å². The van der Waals surface area contributed by atoms with Crippen LogP contribution in [0.5, 0.6) is 0 Å². The summed E-state index contributed by atoms with van der Waals surface area (Å²) in [4.78, 5) is 26.1. The number of hydrogen-bond acceptors (Lipinski definition) is 4. The number of thiophene rings is 1. The first-order valence-corrected chi connectivity index (χ1v) is 12.6. The molecule has 1 N–H and O–H groups in total. The maximum atomic E-state index is 13.4. The lowest BCUT2D eigenvalue weighted by Gasteiger charge is -2.56. The smallest absolute Gasteiger partial charge is 0.342 e. The van der Waals surface area contributed by atoms with Crippen molar-refractivity contribution >= 4 is 28.2 Å². The van der Waals surface area contributed by atoms with E-state index in [-0.39, 0.29) is 23.2 Å². The van der Waals surface area contributed by atoms with E-state index in [0.29, 0.717) is 22.5 Å². The molecule has 1 aromatic heterocycles. The lowest BCUT2D eigenvalue weighted by molar-refractivity contribution is -0.124. The van der Waals surface area contributed by atoms with E-state index in [1.165, 1.54) is 62.0 Å². The third-order valence-corrected chi connectivity index (χ3v) is 8.34. The van der Waals surface area contributed by atoms with E-state index in [9.17, 15) is 14.0 Å². The molecule has 4 aliphatic carbocycles. The van der Waals surface area contributed by atoms with Crippen LogP contribution < -0.4 is 5.32 Å². The minimum absolute atomic E-state index is 0.0157. The summed E-state index contributed by atoms with van der Waals surface area (Å²) >= 11 is 1.32. The molecule has 0 spiro atoms. The van der Waals surface area contributed by atoms with Gasteiger partial charge in [-0.25, -0.2) is 9.18 Å². The van der Waals surface area contributed by atoms with Gasteiger partial charge in [-0.3, -0.25) is 4.79 Å². The average Bonchev–Trinajstić information content (AvgIpc) is 3.10. The van der Waals surface area contributed by atoms with Gasteiger partial charge in [-0.05, 0) is 93.2 Å². The number of benzene rings is 1. The van der Waals surface area contributed by atoms with Gasteiger partial charge in [0.15, 0.2) is 0 Å². The second-order valence-electron chi connectivity index (χ2n) is 10.5. The number of halogens is 1. The molecule has 6 heteroatoms. The number of carbonyl (C=O) groups excluding carboxylic acids is 2. The van der Waals surface area contributed by atoms with Crippen LogP contribution in [0.4, 0.5) is 9.39 Å². The summed E-state index contributed by atoms with van der Waals surface area (Å²) in [7, 11) is 0. The first kappa shape index (κ1) is 21.6. The van der Waals surface area contributed by atoms with Crippen LogP contribution in [0.1, 0.15) is 69.2 Å². The molecule has 1 amide bonds. The van der Waals surface area contributed by atoms with Crippen LogP contribution in [-0.2, 0) is 9.53 Å². The predicted octanol–water partition coefficient (Wildman–Crippen LogP) is 6.66. The Kier molecular flexibility index (Phi) is 5.60. The molecule has 4 saturated carbocycles. The molecular formula is C26H30FNO3S. The second kappa shape index (κ2) is 8.29. The molecule has 4 nitrogen and oxygen atoms in total. The third-order valence-electron chi connectivity index (χ3n) is 7.45. The van der Waals surface area contributed by atoms with Crippen LogP contribution in [0.3, 0.4) is 0 Å². The van der Waals surface area contributed by atoms with Crippen molar-refractivity contribution in [2.75, 3.05) is 5.32 Å². The molecule has 0 unspecified atom stereocenters. The first-order valence-electron chi connectivity index (χ1n) is 11.7. The van der Waals surface area contributed by atoms with E-state index < -0.39 is 5.97 Å². The van der Waals surface area contributed by atoms with E-state index in [0.717, 1.165) is 23.3 Å². The number of rotatable bonds is 6. The molecule has 4 aliphatic rings. The van der Waals surface area contributed by atoms with Crippen molar-refractivity contribution in [3.8, 4) is 11.1 Å². The van der Waals surface area contributed by atoms with Crippen LogP contribution in [0, 0.1) is 29.0 Å². The van der Waals surface area contributed by atoms with Gasteiger partial charge in [0.25, 0.3) is 0 Å². The van der Waals surface area contributed by atoms with Gasteiger partial charge in [-0.1, -0.05) is 12.1 Å². The maximum absolute atomic E-state index is 13.4. The number of nitrogens with one attached hydrogen (secondary N) is 1. The van der Waals surface area contributed by atoms with Gasteiger partial charge in [0.05, 0.1) is 6.10 Å². The number of ether oxygens (including phenoxy) is 1. The lowest BCUT2D eigenvalue weighted by atomic mass is 9.49. The molecule has 0 radical (unpaired) electrons. The molecule has 170 valence electrons. The number of amides is 1. The molecule has 6 rings (SSSR count). The Morgan fingerprint density at radius 2 is 1.69 bits per heavy atom. The fraction of sp³-hybridized carbons (Fsp3) is 0.538. The zero-order valence-electron chi connectivity index (χ0n) is 18.7. The number of esters is 1. The summed E-state index contributed by atoms with van der Waals surface area (Å²) in [6, 6.07) is 6.03. The van der Waals surface area contributed by atoms with E-state index >= 15 is 0 Å². The fourth-order valence-corrected chi connectivity index (χ4v) is 7.76. The molecule has 0 saturated heterocycles. The summed E-state index contributed by atoms with van der Waals surface area (Å²) in [6.07, 6.45) is 7.78. The monoisotopic (exact) mass is 455 g/mol. The lowest BCUT2D eigenvalue weighted by Crippen LogP contribution is -2.47. The Morgan fingerprint density at radius 3 is 2.25 bits per heavy atom. The van der Waals surface area contributed by atoms with E-state index in [2.05, 4.69) is 5.32 Å². The van der Waals surface area contributed by atoms with Crippen LogP contribution in [0.25, 0.3) is 11.1 Å². The standard InChI is InChI=1S/C26H30FNO3S/c1-15(2)31-25(30)23-21(19-3-5-20(27)6-4-19)14-32-24(23)28-22(29)13-26-10-16-7-17(11-26)9-18(8-16)12-26/h3-6,14-18H,7-13H2,1-2H3,(H,28,29). The van der Waals surface area contributed by atoms with Crippen molar-refractivity contribution in [3.05, 3.63) is 41.0 Å². The minimum atomic E-state index is -0.467. The average molecular weight is 456 g/mol. The SMILES string of the molecule is CC(C)OC(=O)c1c(-c2ccc(F)cc2)csc1NC(=O)CC12CC3CC(CC(C3)C1)C2. The molecule has 0 atom stereocenters. The Bertz CT molecular complexity index is 991. The van der Waals surface area contributed by atoms with Crippen molar-refractivity contribution in [2.24, 2.45) is 23.2 Å². The zero-order valence-corrected chi connectivity index (χ0v) is 19.5. The number of hydrogen-bond donors (Lipinski definition) is 1. The zero-order chi connectivity index (χ0) is 22.5. The summed E-state index contributed by atoms with van der Waals surface area (Å²) in [5.41, 5.74) is 1.87. The Balaban J connectivity index is 1.38. The summed E-state index contributed by atoms with van der Waals surface area (Å²) < 4.78 is 18.9. The first-order chi connectivity index (χ1) is 15.3. The van der Waals surface area contributed by atoms with Gasteiger partial charge in [0.1, 0.15) is 16.4 Å². The van der Waals surface area contributed by atoms with Gasteiger partial charge < -0.3 is 10.1 Å². The summed E-state index contributed by atoms with van der Waals surface area (Å²) in [5.74, 6) is 1.55.